The number of amidine groups is 1. The van der Waals surface area contributed by atoms with Crippen LogP contribution in [-0.4, -0.2) is 40.4 Å². The van der Waals surface area contributed by atoms with Crippen molar-refractivity contribution in [2.24, 2.45) is 4.99 Å². The van der Waals surface area contributed by atoms with Crippen LogP contribution in [0.15, 0.2) is 46.3 Å². The molecule has 0 saturated carbocycles. The van der Waals surface area contributed by atoms with E-state index in [1.807, 2.05) is 32.1 Å². The van der Waals surface area contributed by atoms with Gasteiger partial charge in [-0.3, -0.25) is 9.69 Å². The molecule has 2 aliphatic rings. The average molecular weight is 410 g/mol. The molecule has 1 saturated heterocycles. The number of aliphatic imine (C=N–C) groups is 1. The van der Waals surface area contributed by atoms with Gasteiger partial charge in [-0.15, -0.1) is 0 Å². The van der Waals surface area contributed by atoms with E-state index in [2.05, 4.69) is 4.99 Å². The second-order valence-electron chi connectivity index (χ2n) is 6.47. The summed E-state index contributed by atoms with van der Waals surface area (Å²) in [4.78, 5) is 30.6. The van der Waals surface area contributed by atoms with E-state index in [0.29, 0.717) is 33.8 Å². The van der Waals surface area contributed by atoms with Gasteiger partial charge in [0, 0.05) is 6.54 Å². The van der Waals surface area contributed by atoms with E-state index >= 15 is 0 Å². The first-order chi connectivity index (χ1) is 14.0. The third kappa shape index (κ3) is 3.71. The Morgan fingerprint density at radius 1 is 1.24 bits per heavy atom. The van der Waals surface area contributed by atoms with Gasteiger partial charge in [0.2, 0.25) is 6.79 Å². The second kappa shape index (κ2) is 7.63. The molecule has 0 bridgehead atoms. The number of hydrogen-bond acceptors (Lipinski definition) is 6. The van der Waals surface area contributed by atoms with Crippen molar-refractivity contribution < 1.29 is 24.2 Å². The number of benzene rings is 2. The zero-order valence-electron chi connectivity index (χ0n) is 15.8. The number of carbonyl (C=O) groups is 2. The molecule has 2 aliphatic heterocycles. The molecule has 2 aromatic carbocycles. The SMILES string of the molecule is CCN1C(=O)/C(=C\c2cc3c(cc2C)OCO3)SC1=Nc1ccc(C(=O)O)cc1. The molecule has 2 heterocycles. The summed E-state index contributed by atoms with van der Waals surface area (Å²) in [7, 11) is 0. The van der Waals surface area contributed by atoms with Gasteiger partial charge < -0.3 is 14.6 Å². The molecule has 0 atom stereocenters. The standard InChI is InChI=1S/C21H18N2O5S/c1-3-23-19(24)18(10-14-9-17-16(8-12(14)2)27-11-28-17)29-21(23)22-15-6-4-13(5-7-15)20(25)26/h4-10H,3,11H2,1-2H3,(H,25,26)/b18-10+,22-21?. The Bertz CT molecular complexity index is 1060. The van der Waals surface area contributed by atoms with Crippen molar-refractivity contribution in [3.63, 3.8) is 0 Å². The van der Waals surface area contributed by atoms with Gasteiger partial charge in [-0.1, -0.05) is 0 Å². The number of aryl methyl sites for hydroxylation is 1. The molecule has 29 heavy (non-hydrogen) atoms. The number of carboxylic acids is 1. The largest absolute Gasteiger partial charge is 0.478 e. The zero-order valence-corrected chi connectivity index (χ0v) is 16.7. The van der Waals surface area contributed by atoms with Crippen molar-refractivity contribution in [2.75, 3.05) is 13.3 Å². The number of ether oxygens (including phenoxy) is 2. The third-order valence-corrected chi connectivity index (χ3v) is 5.60. The molecular weight excluding hydrogens is 392 g/mol. The van der Waals surface area contributed by atoms with E-state index in [1.54, 1.807) is 17.0 Å². The summed E-state index contributed by atoms with van der Waals surface area (Å²) in [5.74, 6) is 0.263. The first-order valence-electron chi connectivity index (χ1n) is 9.00. The number of likely N-dealkylation sites (N-methyl/N-ethyl adjacent to an activating group) is 1. The fourth-order valence-corrected chi connectivity index (χ4v) is 4.07. The van der Waals surface area contributed by atoms with E-state index in [0.717, 1.165) is 11.1 Å². The maximum atomic E-state index is 12.9. The van der Waals surface area contributed by atoms with Gasteiger partial charge in [-0.2, -0.15) is 0 Å². The smallest absolute Gasteiger partial charge is 0.335 e. The van der Waals surface area contributed by atoms with E-state index in [4.69, 9.17) is 14.6 Å². The number of hydrogen-bond donors (Lipinski definition) is 1. The van der Waals surface area contributed by atoms with Crippen molar-refractivity contribution in [3.8, 4) is 11.5 Å². The van der Waals surface area contributed by atoms with Crippen molar-refractivity contribution in [1.29, 1.82) is 0 Å². The van der Waals surface area contributed by atoms with Gasteiger partial charge in [-0.25, -0.2) is 9.79 Å². The molecule has 0 aliphatic carbocycles. The number of rotatable bonds is 4. The minimum atomic E-state index is -0.992. The predicted molar refractivity (Wildman–Crippen MR) is 111 cm³/mol. The summed E-state index contributed by atoms with van der Waals surface area (Å²) in [6.45, 7) is 4.52. The number of amides is 1. The number of thioether (sulfide) groups is 1. The quantitative estimate of drug-likeness (QED) is 0.765. The Labute approximate surface area is 171 Å². The number of carboxylic acid groups (broad SMARTS) is 1. The molecule has 2 aromatic rings. The summed E-state index contributed by atoms with van der Waals surface area (Å²) >= 11 is 1.29. The van der Waals surface area contributed by atoms with Gasteiger partial charge in [0.1, 0.15) is 0 Å². The Morgan fingerprint density at radius 2 is 1.93 bits per heavy atom. The van der Waals surface area contributed by atoms with Crippen LogP contribution in [0.3, 0.4) is 0 Å². The maximum Gasteiger partial charge on any atom is 0.335 e. The van der Waals surface area contributed by atoms with Crippen LogP contribution in [0, 0.1) is 6.92 Å². The fourth-order valence-electron chi connectivity index (χ4n) is 3.02. The molecule has 1 fully saturated rings. The number of aromatic carboxylic acids is 1. The molecule has 0 spiro atoms. The lowest BCUT2D eigenvalue weighted by Gasteiger charge is -2.12. The Hall–Kier alpha value is -3.26. The molecule has 148 valence electrons. The van der Waals surface area contributed by atoms with E-state index < -0.39 is 5.97 Å². The lowest BCUT2D eigenvalue weighted by Crippen LogP contribution is -2.28. The molecular formula is C21H18N2O5S. The van der Waals surface area contributed by atoms with Crippen molar-refractivity contribution >= 4 is 40.6 Å². The zero-order chi connectivity index (χ0) is 20.5. The van der Waals surface area contributed by atoms with Crippen molar-refractivity contribution in [1.82, 2.24) is 4.90 Å². The van der Waals surface area contributed by atoms with Gasteiger partial charge >= 0.3 is 5.97 Å². The molecule has 8 heteroatoms. The van der Waals surface area contributed by atoms with Crippen LogP contribution in [0.5, 0.6) is 11.5 Å². The van der Waals surface area contributed by atoms with Crippen LogP contribution in [0.4, 0.5) is 5.69 Å². The second-order valence-corrected chi connectivity index (χ2v) is 7.48. The molecule has 0 aromatic heterocycles. The van der Waals surface area contributed by atoms with Crippen molar-refractivity contribution in [3.05, 3.63) is 58.0 Å². The van der Waals surface area contributed by atoms with Crippen LogP contribution >= 0.6 is 11.8 Å². The summed E-state index contributed by atoms with van der Waals surface area (Å²) in [6.07, 6.45) is 1.84. The molecule has 0 unspecified atom stereocenters. The molecule has 4 rings (SSSR count). The first kappa shape index (κ1) is 19.1. The van der Waals surface area contributed by atoms with Gasteiger partial charge in [0.15, 0.2) is 16.7 Å². The van der Waals surface area contributed by atoms with Crippen LogP contribution in [0.25, 0.3) is 6.08 Å². The summed E-state index contributed by atoms with van der Waals surface area (Å²) in [5.41, 5.74) is 2.64. The van der Waals surface area contributed by atoms with Gasteiger partial charge in [0.25, 0.3) is 5.91 Å². The first-order valence-corrected chi connectivity index (χ1v) is 9.81. The van der Waals surface area contributed by atoms with E-state index in [1.165, 1.54) is 23.9 Å². The Morgan fingerprint density at radius 3 is 2.59 bits per heavy atom. The predicted octanol–water partition coefficient (Wildman–Crippen LogP) is 4.05. The van der Waals surface area contributed by atoms with Crippen LogP contribution in [0.1, 0.15) is 28.4 Å². The molecule has 1 amide bonds. The van der Waals surface area contributed by atoms with Crippen molar-refractivity contribution in [2.45, 2.75) is 13.8 Å². The average Bonchev–Trinajstić information content (AvgIpc) is 3.26. The highest BCUT2D eigenvalue weighted by Gasteiger charge is 2.32. The molecule has 7 nitrogen and oxygen atoms in total. The van der Waals surface area contributed by atoms with Gasteiger partial charge in [0.05, 0.1) is 16.2 Å². The summed E-state index contributed by atoms with van der Waals surface area (Å²) in [5, 5.41) is 9.57. The number of nitrogens with zero attached hydrogens (tertiary/aromatic N) is 2. The molecule has 1 N–H and O–H groups in total. The van der Waals surface area contributed by atoms with E-state index in [-0.39, 0.29) is 18.3 Å². The highest BCUT2D eigenvalue weighted by Crippen LogP contribution is 2.38. The monoisotopic (exact) mass is 410 g/mol. The Balaban J connectivity index is 1.65. The van der Waals surface area contributed by atoms with Crippen LogP contribution in [-0.2, 0) is 4.79 Å². The fraction of sp³-hybridized carbons (Fsp3) is 0.190. The normalized spacial score (nSPS) is 18.1. The maximum absolute atomic E-state index is 12.9. The minimum Gasteiger partial charge on any atom is -0.478 e. The topological polar surface area (TPSA) is 88.4 Å². The summed E-state index contributed by atoms with van der Waals surface area (Å²) < 4.78 is 10.8. The van der Waals surface area contributed by atoms with Crippen LogP contribution < -0.4 is 9.47 Å². The number of fused-ring (bicyclic) bond motifs is 1. The Kier molecular flexibility index (Phi) is 5.02. The lowest BCUT2D eigenvalue weighted by molar-refractivity contribution is -0.122. The van der Waals surface area contributed by atoms with E-state index in [9.17, 15) is 9.59 Å². The third-order valence-electron chi connectivity index (χ3n) is 4.59. The highest BCUT2D eigenvalue weighted by atomic mass is 32.2. The van der Waals surface area contributed by atoms with Crippen LogP contribution in [0.2, 0.25) is 0 Å². The lowest BCUT2D eigenvalue weighted by atomic mass is 10.1. The van der Waals surface area contributed by atoms with Gasteiger partial charge in [-0.05, 0) is 79.2 Å². The summed E-state index contributed by atoms with van der Waals surface area (Å²) in [6, 6.07) is 10.0. The number of carbonyl (C=O) groups excluding carboxylic acids is 1. The minimum absolute atomic E-state index is 0.115. The highest BCUT2D eigenvalue weighted by molar-refractivity contribution is 8.18. The molecule has 0 radical (unpaired) electrons.